The SMILES string of the molecule is CN1CCCC(C2=C(C#N)C(c3cccc4nonc34)/C(=C/N)C(N)=[NH+]2)C1. The number of likely N-dealkylation sites (tertiary alicyclic amines) is 1. The topological polar surface area (TPSA) is 132 Å². The van der Waals surface area contributed by atoms with Crippen molar-refractivity contribution in [3.63, 3.8) is 0 Å². The van der Waals surface area contributed by atoms with E-state index in [2.05, 4.69) is 33.3 Å². The Hall–Kier alpha value is -3.18. The zero-order valence-electron chi connectivity index (χ0n) is 15.1. The van der Waals surface area contributed by atoms with Crippen LogP contribution < -0.4 is 16.5 Å². The highest BCUT2D eigenvalue weighted by Crippen LogP contribution is 2.38. The average Bonchev–Trinajstić information content (AvgIpc) is 3.16. The van der Waals surface area contributed by atoms with Gasteiger partial charge in [0.15, 0.2) is 0 Å². The molecule has 1 aromatic carbocycles. The fraction of sp³-hybridized carbons (Fsp3) is 0.368. The van der Waals surface area contributed by atoms with Crippen molar-refractivity contribution in [2.24, 2.45) is 17.4 Å². The molecule has 5 N–H and O–H groups in total. The first kappa shape index (κ1) is 17.2. The Morgan fingerprint density at radius 1 is 1.41 bits per heavy atom. The fourth-order valence-electron chi connectivity index (χ4n) is 4.17. The van der Waals surface area contributed by atoms with Crippen LogP contribution in [0.4, 0.5) is 0 Å². The van der Waals surface area contributed by atoms with Crippen LogP contribution in [0.1, 0.15) is 24.3 Å². The molecule has 2 aliphatic heterocycles. The monoisotopic (exact) mass is 364 g/mol. The lowest BCUT2D eigenvalue weighted by molar-refractivity contribution is -0.412. The van der Waals surface area contributed by atoms with Crippen LogP contribution in [0.3, 0.4) is 0 Å². The van der Waals surface area contributed by atoms with Gasteiger partial charge in [-0.2, -0.15) is 5.26 Å². The van der Waals surface area contributed by atoms with E-state index in [1.807, 2.05) is 18.2 Å². The van der Waals surface area contributed by atoms with Crippen LogP contribution in [0.5, 0.6) is 0 Å². The molecular weight excluding hydrogens is 342 g/mol. The molecular formula is C19H22N7O+. The molecule has 4 rings (SSSR count). The number of piperidine rings is 1. The predicted molar refractivity (Wildman–Crippen MR) is 99.8 cm³/mol. The standard InChI is InChI=1S/C19H21N7O/c1-26-7-3-4-11(10-26)17-13(8-20)16(14(9-21)19(22)23-17)12-5-2-6-15-18(12)25-27-24-15/h2,5-6,9,11,16H,3-4,7,10,21H2,1H3,(H2,22,23)/p+1/b14-9-. The van der Waals surface area contributed by atoms with Gasteiger partial charge in [-0.25, -0.2) is 9.62 Å². The number of aromatic nitrogens is 2. The van der Waals surface area contributed by atoms with E-state index in [9.17, 15) is 5.26 Å². The summed E-state index contributed by atoms with van der Waals surface area (Å²) in [5.41, 5.74) is 16.5. The van der Waals surface area contributed by atoms with Gasteiger partial charge in [-0.15, -0.1) is 0 Å². The molecule has 2 aliphatic rings. The van der Waals surface area contributed by atoms with Gasteiger partial charge in [0.1, 0.15) is 16.7 Å². The van der Waals surface area contributed by atoms with Gasteiger partial charge in [-0.1, -0.05) is 12.1 Å². The van der Waals surface area contributed by atoms with Crippen LogP contribution >= 0.6 is 0 Å². The smallest absolute Gasteiger partial charge is 0.276 e. The molecule has 27 heavy (non-hydrogen) atoms. The van der Waals surface area contributed by atoms with Crippen molar-refractivity contribution in [3.05, 3.63) is 46.8 Å². The molecule has 138 valence electrons. The number of hydrogen-bond donors (Lipinski definition) is 3. The van der Waals surface area contributed by atoms with Crippen molar-refractivity contribution in [3.8, 4) is 6.07 Å². The number of allylic oxidation sites excluding steroid dienone is 1. The second-order valence-corrected chi connectivity index (χ2v) is 7.11. The number of benzene rings is 1. The van der Waals surface area contributed by atoms with E-state index in [4.69, 9.17) is 16.1 Å². The van der Waals surface area contributed by atoms with E-state index < -0.39 is 5.92 Å². The Kier molecular flexibility index (Phi) is 4.38. The zero-order chi connectivity index (χ0) is 19.0. The van der Waals surface area contributed by atoms with E-state index >= 15 is 0 Å². The minimum Gasteiger partial charge on any atom is -0.404 e. The molecule has 1 aromatic heterocycles. The highest BCUT2D eigenvalue weighted by Gasteiger charge is 2.38. The number of fused-ring (bicyclic) bond motifs is 1. The average molecular weight is 364 g/mol. The zero-order valence-corrected chi connectivity index (χ0v) is 15.1. The van der Waals surface area contributed by atoms with E-state index in [1.165, 1.54) is 6.20 Å². The van der Waals surface area contributed by atoms with Crippen molar-refractivity contribution in [1.82, 2.24) is 15.2 Å². The summed E-state index contributed by atoms with van der Waals surface area (Å²) < 4.78 is 4.91. The summed E-state index contributed by atoms with van der Waals surface area (Å²) in [6, 6.07) is 8.02. The molecule has 0 spiro atoms. The Labute approximate surface area is 156 Å². The van der Waals surface area contributed by atoms with Crippen LogP contribution in [-0.4, -0.2) is 41.2 Å². The second-order valence-electron chi connectivity index (χ2n) is 7.11. The number of nitrogens with zero attached hydrogens (tertiary/aromatic N) is 4. The summed E-state index contributed by atoms with van der Waals surface area (Å²) in [4.78, 5) is 5.54. The van der Waals surface area contributed by atoms with Crippen LogP contribution in [0.15, 0.2) is 45.9 Å². The van der Waals surface area contributed by atoms with Gasteiger partial charge < -0.3 is 10.6 Å². The fourth-order valence-corrected chi connectivity index (χ4v) is 4.17. The van der Waals surface area contributed by atoms with E-state index in [1.54, 1.807) is 0 Å². The molecule has 0 amide bonds. The number of nitriles is 1. The molecule has 1 saturated heterocycles. The van der Waals surface area contributed by atoms with Crippen molar-refractivity contribution in [2.45, 2.75) is 18.8 Å². The molecule has 1 fully saturated rings. The van der Waals surface area contributed by atoms with Crippen molar-refractivity contribution in [1.29, 1.82) is 5.26 Å². The molecule has 2 unspecified atom stereocenters. The number of amidine groups is 1. The first-order chi connectivity index (χ1) is 13.1. The maximum Gasteiger partial charge on any atom is 0.276 e. The lowest BCUT2D eigenvalue weighted by Gasteiger charge is -2.32. The third-order valence-electron chi connectivity index (χ3n) is 5.43. The van der Waals surface area contributed by atoms with Gasteiger partial charge in [0.25, 0.3) is 5.84 Å². The Balaban J connectivity index is 1.91. The largest absolute Gasteiger partial charge is 0.404 e. The van der Waals surface area contributed by atoms with Crippen LogP contribution in [0.25, 0.3) is 11.0 Å². The van der Waals surface area contributed by atoms with E-state index in [-0.39, 0.29) is 5.92 Å². The minimum absolute atomic E-state index is 0.216. The Morgan fingerprint density at radius 2 is 2.26 bits per heavy atom. The normalized spacial score (nSPS) is 25.6. The number of nitrogens with one attached hydrogen (secondary N) is 1. The molecule has 3 heterocycles. The second kappa shape index (κ2) is 6.85. The highest BCUT2D eigenvalue weighted by molar-refractivity contribution is 5.97. The van der Waals surface area contributed by atoms with Crippen molar-refractivity contribution in [2.75, 3.05) is 20.1 Å². The third kappa shape index (κ3) is 2.86. The van der Waals surface area contributed by atoms with E-state index in [0.29, 0.717) is 28.0 Å². The molecule has 0 saturated carbocycles. The first-order valence-corrected chi connectivity index (χ1v) is 8.99. The minimum atomic E-state index is -0.404. The molecule has 8 heteroatoms. The molecule has 2 atom stereocenters. The van der Waals surface area contributed by atoms with E-state index in [0.717, 1.165) is 37.2 Å². The van der Waals surface area contributed by atoms with Gasteiger partial charge in [-0.3, -0.25) is 5.73 Å². The maximum absolute atomic E-state index is 10.1. The highest BCUT2D eigenvalue weighted by atomic mass is 16.6. The Morgan fingerprint density at radius 3 is 3.00 bits per heavy atom. The molecule has 2 aromatic rings. The quantitative estimate of drug-likeness (QED) is 0.667. The summed E-state index contributed by atoms with van der Waals surface area (Å²) in [6.07, 6.45) is 3.55. The van der Waals surface area contributed by atoms with Gasteiger partial charge in [0, 0.05) is 18.7 Å². The van der Waals surface area contributed by atoms with Crippen molar-refractivity contribution < 1.29 is 9.62 Å². The Bertz CT molecular complexity index is 1010. The molecule has 0 aliphatic carbocycles. The number of rotatable bonds is 2. The molecule has 0 bridgehead atoms. The van der Waals surface area contributed by atoms with Gasteiger partial charge in [0.2, 0.25) is 0 Å². The summed E-state index contributed by atoms with van der Waals surface area (Å²) in [6.45, 7) is 1.94. The summed E-state index contributed by atoms with van der Waals surface area (Å²) in [7, 11) is 2.10. The first-order valence-electron chi connectivity index (χ1n) is 8.99. The van der Waals surface area contributed by atoms with Crippen LogP contribution in [-0.2, 0) is 0 Å². The predicted octanol–water partition coefficient (Wildman–Crippen LogP) is -0.280. The lowest BCUT2D eigenvalue weighted by atomic mass is 9.78. The summed E-state index contributed by atoms with van der Waals surface area (Å²) in [5.74, 6) is 0.283. The number of hydrogen-bond acceptors (Lipinski definition) is 7. The van der Waals surface area contributed by atoms with Gasteiger partial charge in [0.05, 0.1) is 23.1 Å². The molecule has 8 nitrogen and oxygen atoms in total. The molecule has 0 radical (unpaired) electrons. The lowest BCUT2D eigenvalue weighted by Crippen LogP contribution is -2.78. The van der Waals surface area contributed by atoms with Gasteiger partial charge in [-0.05, 0) is 48.4 Å². The van der Waals surface area contributed by atoms with Crippen LogP contribution in [0, 0.1) is 17.2 Å². The third-order valence-corrected chi connectivity index (χ3v) is 5.43. The maximum atomic E-state index is 10.1. The van der Waals surface area contributed by atoms with Gasteiger partial charge >= 0.3 is 0 Å². The number of nitrogens with two attached hydrogens (primary N) is 2. The van der Waals surface area contributed by atoms with Crippen molar-refractivity contribution >= 4 is 16.9 Å². The summed E-state index contributed by atoms with van der Waals surface area (Å²) >= 11 is 0. The van der Waals surface area contributed by atoms with Crippen LogP contribution in [0.2, 0.25) is 0 Å². The summed E-state index contributed by atoms with van der Waals surface area (Å²) in [5, 5.41) is 18.0.